The number of carbonyl (C=O) groups excluding carboxylic acids is 3. The molecule has 3 aliphatic heterocycles. The van der Waals surface area contributed by atoms with E-state index in [9.17, 15) is 28.8 Å². The number of para-hydroxylation sites is 3. The number of H-pyrrole nitrogens is 3. The van der Waals surface area contributed by atoms with Crippen LogP contribution in [-0.4, -0.2) is 192 Å². The summed E-state index contributed by atoms with van der Waals surface area (Å²) in [5.74, 6) is 5.09. The van der Waals surface area contributed by atoms with Gasteiger partial charge >= 0.3 is 0 Å². The predicted molar refractivity (Wildman–Crippen MR) is 438 cm³/mol. The summed E-state index contributed by atoms with van der Waals surface area (Å²) < 4.78 is 23.5. The van der Waals surface area contributed by atoms with Crippen molar-refractivity contribution in [1.29, 1.82) is 0 Å². The molecule has 27 heteroatoms. The van der Waals surface area contributed by atoms with E-state index in [1.807, 2.05) is 281 Å². The minimum atomic E-state index is -0.315. The van der Waals surface area contributed by atoms with Crippen molar-refractivity contribution in [2.45, 2.75) is 56.9 Å². The van der Waals surface area contributed by atoms with Gasteiger partial charge in [-0.1, -0.05) is 109 Å². The smallest absolute Gasteiger partial charge is 0.288 e. The largest absolute Gasteiger partial charge is 0.457 e. The number of hydrogen-bond acceptors (Lipinski definition) is 18. The molecule has 3 aliphatic rings. The molecule has 576 valence electrons. The van der Waals surface area contributed by atoms with E-state index in [1.165, 1.54) is 0 Å². The highest BCUT2D eigenvalue weighted by Gasteiger charge is 2.35. The molecule has 0 bridgehead atoms. The second-order valence-corrected chi connectivity index (χ2v) is 28.7. The molecular weight excluding hydrogens is 1420 g/mol. The van der Waals surface area contributed by atoms with E-state index < -0.39 is 0 Å². The molecule has 15 rings (SSSR count). The lowest BCUT2D eigenvalue weighted by molar-refractivity contribution is -0.131. The van der Waals surface area contributed by atoms with Crippen LogP contribution in [0.3, 0.4) is 0 Å². The zero-order valence-electron chi connectivity index (χ0n) is 63.5. The molecule has 2 atom stereocenters. The Morgan fingerprint density at radius 2 is 0.741 bits per heavy atom. The fourth-order valence-electron chi connectivity index (χ4n) is 14.3. The molecule has 0 spiro atoms. The van der Waals surface area contributed by atoms with Gasteiger partial charge in [-0.3, -0.25) is 28.8 Å². The number of aromatic nitrogens is 9. The number of amides is 3. The van der Waals surface area contributed by atoms with Crippen molar-refractivity contribution in [3.05, 3.63) is 250 Å². The summed E-state index contributed by atoms with van der Waals surface area (Å²) >= 11 is 0. The fraction of sp³-hybridized carbons (Fsp3) is 0.259. The summed E-state index contributed by atoms with van der Waals surface area (Å²) in [5.41, 5.74) is 24.3. The number of rotatable bonds is 23. The Hall–Kier alpha value is -13.1. The second-order valence-electron chi connectivity index (χ2n) is 28.7. The minimum Gasteiger partial charge on any atom is -0.457 e. The molecule has 3 fully saturated rings. The lowest BCUT2D eigenvalue weighted by Gasteiger charge is -2.39. The van der Waals surface area contributed by atoms with E-state index in [1.54, 1.807) is 23.1 Å². The molecule has 0 unspecified atom stereocenters. The summed E-state index contributed by atoms with van der Waals surface area (Å²) in [6.07, 6.45) is 19.9. The van der Waals surface area contributed by atoms with Crippen molar-refractivity contribution in [1.82, 2.24) is 73.7 Å². The van der Waals surface area contributed by atoms with Crippen LogP contribution in [0.5, 0.6) is 34.5 Å². The second kappa shape index (κ2) is 35.1. The lowest BCUT2D eigenvalue weighted by atomic mass is 10.1. The first-order valence-corrected chi connectivity index (χ1v) is 37.2. The Labute approximate surface area is 647 Å². The number of aromatic amines is 3. The topological polar surface area (TPSA) is 328 Å². The fourth-order valence-corrected chi connectivity index (χ4v) is 14.3. The van der Waals surface area contributed by atoms with E-state index in [4.69, 9.17) is 31.4 Å². The number of likely N-dealkylation sites (N-methyl/N-ethyl adjacent to an activating group) is 3. The van der Waals surface area contributed by atoms with E-state index in [2.05, 4.69) is 30.6 Å². The number of ether oxygens (including phenoxy) is 3. The van der Waals surface area contributed by atoms with Crippen LogP contribution in [0, 0.1) is 0 Å². The number of fused-ring (bicyclic) bond motifs is 3. The molecule has 0 aliphatic carbocycles. The number of nitrogens with zero attached hydrogens (tertiary/aromatic N) is 12. The Kier molecular flexibility index (Phi) is 24.1. The lowest BCUT2D eigenvalue weighted by Crippen LogP contribution is -2.50. The van der Waals surface area contributed by atoms with Crippen LogP contribution in [0.4, 0.5) is 17.5 Å². The third kappa shape index (κ3) is 18.1. The molecular formula is C85H92N18O9. The van der Waals surface area contributed by atoms with Gasteiger partial charge in [-0.2, -0.15) is 15.3 Å². The number of anilines is 3. The highest BCUT2D eigenvalue weighted by Crippen LogP contribution is 2.40. The molecule has 27 nitrogen and oxygen atoms in total. The maximum atomic E-state index is 12.9. The zero-order chi connectivity index (χ0) is 78.5. The molecule has 3 saturated heterocycles. The molecule has 6 aromatic heterocycles. The summed E-state index contributed by atoms with van der Waals surface area (Å²) in [7, 11) is 11.7. The Morgan fingerprint density at radius 1 is 0.429 bits per heavy atom. The van der Waals surface area contributed by atoms with Crippen molar-refractivity contribution in [2.24, 2.45) is 0 Å². The van der Waals surface area contributed by atoms with E-state index in [-0.39, 0.29) is 70.0 Å². The average molecular weight is 1510 g/mol. The van der Waals surface area contributed by atoms with Crippen molar-refractivity contribution in [3.63, 3.8) is 0 Å². The van der Waals surface area contributed by atoms with Gasteiger partial charge in [0.15, 0.2) is 17.5 Å². The summed E-state index contributed by atoms with van der Waals surface area (Å²) in [6, 6.07) is 51.6. The molecule has 9 heterocycles. The zero-order valence-corrected chi connectivity index (χ0v) is 63.5. The number of carbonyl (C=O) groups is 3. The number of nitrogen functional groups attached to an aromatic ring is 3. The van der Waals surface area contributed by atoms with E-state index >= 15 is 0 Å². The van der Waals surface area contributed by atoms with Gasteiger partial charge in [0.25, 0.3) is 16.7 Å². The van der Waals surface area contributed by atoms with Crippen molar-refractivity contribution >= 4 is 67.9 Å². The molecule has 0 radical (unpaired) electrons. The predicted octanol–water partition coefficient (Wildman–Crippen LogP) is 11.0. The molecule has 12 aromatic rings. The van der Waals surface area contributed by atoms with E-state index in [0.29, 0.717) is 109 Å². The Balaban J connectivity index is 0.000000147. The van der Waals surface area contributed by atoms with Gasteiger partial charge in [0.2, 0.25) is 17.7 Å². The van der Waals surface area contributed by atoms with Crippen LogP contribution in [0.25, 0.3) is 66.1 Å². The third-order valence-electron chi connectivity index (χ3n) is 19.8. The normalized spacial score (nSPS) is 15.1. The van der Waals surface area contributed by atoms with Gasteiger partial charge in [-0.25, -0.2) is 15.3 Å². The van der Waals surface area contributed by atoms with Crippen LogP contribution in [0.2, 0.25) is 0 Å². The van der Waals surface area contributed by atoms with Crippen LogP contribution in [0.1, 0.15) is 31.7 Å². The first-order valence-electron chi connectivity index (χ1n) is 37.2. The average Bonchev–Trinajstić information content (AvgIpc) is 1.61. The molecule has 3 amide bonds. The van der Waals surface area contributed by atoms with Crippen molar-refractivity contribution in [2.75, 3.05) is 105 Å². The van der Waals surface area contributed by atoms with Crippen LogP contribution >= 0.6 is 0 Å². The van der Waals surface area contributed by atoms with Crippen molar-refractivity contribution in [3.8, 4) is 67.9 Å². The standard InChI is InChI=1S/2C29H32N6O3.C27H28N6O3/c2*1-33(2)16-7-11-25(36)35-17-6-8-21(35)18-34-19-24(26-27(34)29(37)32-31-28(26)30)20-12-14-23(15-13-20)38-22-9-4-3-5-10-22;1-31(2)14-6-9-23(34)32-15-19(16-32)33-17-22(24-25(33)27(35)30-29-26(24)28)18-10-12-21(13-11-18)36-20-7-4-3-5-8-20/h2*3-5,7,9-15,19,21H,6,8,16-18H2,1-2H3,(H2,30,31)(H,32,37);3-13,17,19H,14-16H2,1-2H3,(H2,28,29)(H,30,35)/b2*11-7+;9-6+/t2*21-;/m10./s1. The first kappa shape index (κ1) is 77.1. The summed E-state index contributed by atoms with van der Waals surface area (Å²) in [4.78, 5) is 88.5. The summed E-state index contributed by atoms with van der Waals surface area (Å²) in [6.45, 7) is 5.51. The summed E-state index contributed by atoms with van der Waals surface area (Å²) in [5, 5.41) is 21.4. The molecule has 6 aromatic carbocycles. The quantitative estimate of drug-likeness (QED) is 0.0324. The first-order chi connectivity index (χ1) is 54.2. The van der Waals surface area contributed by atoms with Gasteiger partial charge in [0.1, 0.15) is 51.0 Å². The number of hydrogen-bond donors (Lipinski definition) is 6. The van der Waals surface area contributed by atoms with Gasteiger partial charge in [0, 0.05) is 124 Å². The Bertz CT molecular complexity index is 5340. The Morgan fingerprint density at radius 3 is 1.09 bits per heavy atom. The molecule has 9 N–H and O–H groups in total. The number of benzene rings is 6. The minimum absolute atomic E-state index is 0.00451. The van der Waals surface area contributed by atoms with Crippen LogP contribution in [-0.2, 0) is 27.5 Å². The number of nitrogens with one attached hydrogen (secondary N) is 3. The monoisotopic (exact) mass is 1510 g/mol. The van der Waals surface area contributed by atoms with Gasteiger partial charge < -0.3 is 74.5 Å². The highest BCUT2D eigenvalue weighted by molar-refractivity contribution is 6.04. The van der Waals surface area contributed by atoms with Gasteiger partial charge in [-0.15, -0.1) is 0 Å². The third-order valence-corrected chi connectivity index (χ3v) is 19.8. The van der Waals surface area contributed by atoms with E-state index in [0.717, 1.165) is 76.3 Å². The maximum absolute atomic E-state index is 12.9. The van der Waals surface area contributed by atoms with Gasteiger partial charge in [-0.05, 0) is 157 Å². The number of nitrogens with two attached hydrogens (primary N) is 3. The SMILES string of the molecule is CN(C)C/C=C/C(=O)N1CC(n2cc(-c3ccc(Oc4ccccc4)cc3)c3c(N)n[nH]c(=O)c32)C1.CN(C)C/C=C/C(=O)N1CCC[C@@H]1Cn1cc(-c2ccc(Oc3ccccc3)cc2)c2c(N)n[nH]c(=O)c21.CN(C)C/C=C/C(=O)N1CCC[C@H]1Cn1cc(-c2ccc(Oc3ccccc3)cc2)c2c(N)n[nH]c(=O)c21. The maximum Gasteiger partial charge on any atom is 0.288 e. The van der Waals surface area contributed by atoms with Gasteiger partial charge in [0.05, 0.1) is 22.2 Å². The highest BCUT2D eigenvalue weighted by atomic mass is 16.5. The molecule has 112 heavy (non-hydrogen) atoms. The van der Waals surface area contributed by atoms with Crippen molar-refractivity contribution < 1.29 is 28.6 Å². The van der Waals surface area contributed by atoms with Crippen LogP contribution in [0.15, 0.2) is 233 Å². The van der Waals surface area contributed by atoms with Crippen LogP contribution < -0.4 is 48.1 Å². The number of likely N-dealkylation sites (tertiary alicyclic amines) is 3. The molecule has 0 saturated carbocycles.